The predicted molar refractivity (Wildman–Crippen MR) is 113 cm³/mol. The Morgan fingerprint density at radius 2 is 1.59 bits per heavy atom. The molecule has 1 fully saturated rings. The zero-order valence-corrected chi connectivity index (χ0v) is 16.7. The topological polar surface area (TPSA) is 38.3 Å². The van der Waals surface area contributed by atoms with Crippen molar-refractivity contribution in [3.8, 4) is 5.75 Å². The number of carbonyl (C=O) groups excluding carboxylic acids is 1. The molecule has 0 heterocycles. The van der Waals surface area contributed by atoms with Crippen molar-refractivity contribution >= 4 is 17.7 Å². The van der Waals surface area contributed by atoms with Gasteiger partial charge in [0.1, 0.15) is 5.75 Å². The summed E-state index contributed by atoms with van der Waals surface area (Å²) in [5, 5.41) is 3.21. The van der Waals surface area contributed by atoms with Gasteiger partial charge in [-0.2, -0.15) is 0 Å². The molecule has 144 valence electrons. The minimum absolute atomic E-state index is 0.0340. The van der Waals surface area contributed by atoms with Crippen LogP contribution in [0.15, 0.2) is 59.5 Å². The van der Waals surface area contributed by atoms with Crippen LogP contribution in [0.2, 0.25) is 0 Å². The Labute approximate surface area is 166 Å². The van der Waals surface area contributed by atoms with Crippen LogP contribution in [0.25, 0.3) is 0 Å². The first-order valence-electron chi connectivity index (χ1n) is 10.0. The summed E-state index contributed by atoms with van der Waals surface area (Å²) in [5.74, 6) is 1.74. The molecule has 4 heteroatoms. The number of rotatable bonds is 7. The smallest absolute Gasteiger partial charge is 0.251 e. The summed E-state index contributed by atoms with van der Waals surface area (Å²) in [6.45, 7) is 0.646. The molecule has 0 aliphatic heterocycles. The molecule has 0 aromatic heterocycles. The van der Waals surface area contributed by atoms with Crippen LogP contribution in [-0.2, 0) is 0 Å². The fraction of sp³-hybridized carbons (Fsp3) is 0.435. The fourth-order valence-electron chi connectivity index (χ4n) is 3.41. The Kier molecular flexibility index (Phi) is 8.09. The predicted octanol–water partition coefficient (Wildman–Crippen LogP) is 5.70. The average molecular weight is 384 g/mol. The molecule has 0 saturated heterocycles. The standard InChI is InChI=1S/C23H29NO2S/c25-23(24-20-9-5-2-1-3-6-10-20)19-13-15-21(16-14-19)26-17-18-27-22-11-7-4-8-12-22/h4,7-8,11-16,20H,1-3,5-6,9-10,17-18H2,(H,24,25). The summed E-state index contributed by atoms with van der Waals surface area (Å²) in [6.07, 6.45) is 8.57. The first-order valence-corrected chi connectivity index (χ1v) is 11.0. The van der Waals surface area contributed by atoms with E-state index in [1.54, 1.807) is 11.8 Å². The maximum atomic E-state index is 12.5. The van der Waals surface area contributed by atoms with E-state index in [9.17, 15) is 4.79 Å². The van der Waals surface area contributed by atoms with Gasteiger partial charge in [-0.15, -0.1) is 11.8 Å². The van der Waals surface area contributed by atoms with E-state index < -0.39 is 0 Å². The molecule has 2 aromatic carbocycles. The largest absolute Gasteiger partial charge is 0.493 e. The lowest BCUT2D eigenvalue weighted by Crippen LogP contribution is -2.35. The number of benzene rings is 2. The maximum Gasteiger partial charge on any atom is 0.251 e. The molecule has 3 nitrogen and oxygen atoms in total. The van der Waals surface area contributed by atoms with Crippen LogP contribution >= 0.6 is 11.8 Å². The van der Waals surface area contributed by atoms with Gasteiger partial charge >= 0.3 is 0 Å². The summed E-state index contributed by atoms with van der Waals surface area (Å²) >= 11 is 1.78. The molecule has 1 aliphatic rings. The highest BCUT2D eigenvalue weighted by Crippen LogP contribution is 2.19. The van der Waals surface area contributed by atoms with E-state index in [4.69, 9.17) is 4.74 Å². The van der Waals surface area contributed by atoms with Crippen molar-refractivity contribution in [1.29, 1.82) is 0 Å². The molecule has 0 bridgehead atoms. The number of hydrogen-bond donors (Lipinski definition) is 1. The molecule has 2 aromatic rings. The van der Waals surface area contributed by atoms with Crippen molar-refractivity contribution < 1.29 is 9.53 Å². The second kappa shape index (κ2) is 11.0. The van der Waals surface area contributed by atoms with Crippen LogP contribution in [0.3, 0.4) is 0 Å². The zero-order chi connectivity index (χ0) is 18.7. The number of ether oxygens (including phenoxy) is 1. The monoisotopic (exact) mass is 383 g/mol. The number of carbonyl (C=O) groups is 1. The first kappa shape index (κ1) is 19.8. The van der Waals surface area contributed by atoms with Crippen molar-refractivity contribution in [1.82, 2.24) is 5.32 Å². The van der Waals surface area contributed by atoms with E-state index in [0.717, 1.165) is 24.3 Å². The summed E-state index contributed by atoms with van der Waals surface area (Å²) in [7, 11) is 0. The number of hydrogen-bond acceptors (Lipinski definition) is 3. The van der Waals surface area contributed by atoms with Crippen LogP contribution in [0.1, 0.15) is 55.3 Å². The molecule has 1 aliphatic carbocycles. The van der Waals surface area contributed by atoms with Crippen molar-refractivity contribution in [3.63, 3.8) is 0 Å². The van der Waals surface area contributed by atoms with Gasteiger partial charge in [0, 0.05) is 22.3 Å². The van der Waals surface area contributed by atoms with Crippen LogP contribution < -0.4 is 10.1 Å². The number of nitrogens with one attached hydrogen (secondary N) is 1. The summed E-state index contributed by atoms with van der Waals surface area (Å²) in [5.41, 5.74) is 0.711. The van der Waals surface area contributed by atoms with Gasteiger partial charge in [0.15, 0.2) is 0 Å². The molecule has 1 N–H and O–H groups in total. The van der Waals surface area contributed by atoms with Crippen molar-refractivity contribution in [2.45, 2.75) is 55.9 Å². The van der Waals surface area contributed by atoms with Crippen molar-refractivity contribution in [2.24, 2.45) is 0 Å². The Balaban J connectivity index is 1.41. The molecule has 3 rings (SSSR count). The lowest BCUT2D eigenvalue weighted by molar-refractivity contribution is 0.0930. The third-order valence-electron chi connectivity index (χ3n) is 4.92. The van der Waals surface area contributed by atoms with Gasteiger partial charge < -0.3 is 10.1 Å². The highest BCUT2D eigenvalue weighted by molar-refractivity contribution is 7.99. The zero-order valence-electron chi connectivity index (χ0n) is 15.9. The Hall–Kier alpha value is -1.94. The van der Waals surface area contributed by atoms with Gasteiger partial charge in [-0.1, -0.05) is 50.3 Å². The van der Waals surface area contributed by atoms with E-state index in [1.165, 1.54) is 37.0 Å². The average Bonchev–Trinajstić information content (AvgIpc) is 2.68. The highest BCUT2D eigenvalue weighted by Gasteiger charge is 2.15. The third kappa shape index (κ3) is 6.94. The van der Waals surface area contributed by atoms with Crippen molar-refractivity contribution in [3.05, 3.63) is 60.2 Å². The molecular formula is C23H29NO2S. The van der Waals surface area contributed by atoms with Gasteiger partial charge in [0.2, 0.25) is 0 Å². The quantitative estimate of drug-likeness (QED) is 0.492. The van der Waals surface area contributed by atoms with Gasteiger partial charge in [-0.25, -0.2) is 0 Å². The fourth-order valence-corrected chi connectivity index (χ4v) is 4.16. The van der Waals surface area contributed by atoms with E-state index in [-0.39, 0.29) is 5.91 Å². The van der Waals surface area contributed by atoms with E-state index in [0.29, 0.717) is 18.2 Å². The van der Waals surface area contributed by atoms with Crippen molar-refractivity contribution in [2.75, 3.05) is 12.4 Å². The summed E-state index contributed by atoms with van der Waals surface area (Å²) in [6, 6.07) is 18.1. The third-order valence-corrected chi connectivity index (χ3v) is 5.90. The molecule has 0 unspecified atom stereocenters. The molecule has 27 heavy (non-hydrogen) atoms. The SMILES string of the molecule is O=C(NC1CCCCCCC1)c1ccc(OCCSc2ccccc2)cc1. The molecule has 0 radical (unpaired) electrons. The molecule has 1 amide bonds. The Morgan fingerprint density at radius 3 is 2.30 bits per heavy atom. The van der Waals surface area contributed by atoms with E-state index in [2.05, 4.69) is 17.4 Å². The van der Waals surface area contributed by atoms with Crippen LogP contribution in [0.4, 0.5) is 0 Å². The van der Waals surface area contributed by atoms with E-state index in [1.807, 2.05) is 42.5 Å². The van der Waals surface area contributed by atoms with Crippen LogP contribution in [0, 0.1) is 0 Å². The number of amides is 1. The minimum atomic E-state index is 0.0340. The van der Waals surface area contributed by atoms with Gasteiger partial charge in [-0.05, 0) is 49.2 Å². The molecule has 0 spiro atoms. The summed E-state index contributed by atoms with van der Waals surface area (Å²) < 4.78 is 5.79. The van der Waals surface area contributed by atoms with Crippen LogP contribution in [-0.4, -0.2) is 24.3 Å². The molecular weight excluding hydrogens is 354 g/mol. The van der Waals surface area contributed by atoms with Gasteiger partial charge in [-0.3, -0.25) is 4.79 Å². The second-order valence-corrected chi connectivity index (χ2v) is 8.22. The van der Waals surface area contributed by atoms with Gasteiger partial charge in [0.25, 0.3) is 5.91 Å². The maximum absolute atomic E-state index is 12.5. The lowest BCUT2D eigenvalue weighted by atomic mass is 9.96. The normalized spacial score (nSPS) is 15.6. The highest BCUT2D eigenvalue weighted by atomic mass is 32.2. The lowest BCUT2D eigenvalue weighted by Gasteiger charge is -2.21. The Morgan fingerprint density at radius 1 is 0.926 bits per heavy atom. The van der Waals surface area contributed by atoms with E-state index >= 15 is 0 Å². The first-order chi connectivity index (χ1) is 13.3. The molecule has 1 saturated carbocycles. The van der Waals surface area contributed by atoms with Gasteiger partial charge in [0.05, 0.1) is 6.61 Å². The minimum Gasteiger partial charge on any atom is -0.493 e. The summed E-state index contributed by atoms with van der Waals surface area (Å²) in [4.78, 5) is 13.7. The number of thioether (sulfide) groups is 1. The molecule has 0 atom stereocenters. The van der Waals surface area contributed by atoms with Crippen LogP contribution in [0.5, 0.6) is 5.75 Å². The second-order valence-electron chi connectivity index (χ2n) is 7.05. The Bertz CT molecular complexity index is 679.